The molecule has 1 heterocycles. The molecule has 0 fully saturated rings. The minimum Gasteiger partial charge on any atom is -0.310 e. The van der Waals surface area contributed by atoms with E-state index in [1.165, 1.54) is 16.7 Å². The second kappa shape index (κ2) is 5.31. The van der Waals surface area contributed by atoms with Gasteiger partial charge in [-0.2, -0.15) is 0 Å². The van der Waals surface area contributed by atoms with Crippen LogP contribution in [0.3, 0.4) is 0 Å². The minimum atomic E-state index is 0.494. The molecule has 0 saturated heterocycles. The number of hydrogen-bond donors (Lipinski definition) is 1. The van der Waals surface area contributed by atoms with Crippen molar-refractivity contribution in [3.63, 3.8) is 0 Å². The van der Waals surface area contributed by atoms with Crippen LogP contribution in [0.5, 0.6) is 0 Å². The fourth-order valence-corrected chi connectivity index (χ4v) is 1.91. The van der Waals surface area contributed by atoms with E-state index in [1.54, 1.807) is 0 Å². The second-order valence-electron chi connectivity index (χ2n) is 4.93. The van der Waals surface area contributed by atoms with E-state index in [9.17, 15) is 0 Å². The third-order valence-electron chi connectivity index (χ3n) is 3.01. The van der Waals surface area contributed by atoms with E-state index in [2.05, 4.69) is 54.6 Å². The van der Waals surface area contributed by atoms with Gasteiger partial charge in [-0.1, -0.05) is 31.2 Å². The summed E-state index contributed by atoms with van der Waals surface area (Å²) in [5, 5.41) is 11.4. The first kappa shape index (κ1) is 12.8. The molecule has 96 valence electrons. The Morgan fingerprint density at radius 2 is 2.11 bits per heavy atom. The maximum absolute atomic E-state index is 3.99. The summed E-state index contributed by atoms with van der Waals surface area (Å²) in [6, 6.07) is 7.02. The fraction of sp³-hybridized carbons (Fsp3) is 0.429. The molecule has 0 amide bonds. The highest BCUT2D eigenvalue weighted by atomic mass is 15.4. The first-order valence-corrected chi connectivity index (χ1v) is 6.26. The normalized spacial score (nSPS) is 11.2. The number of benzene rings is 1. The Kier molecular flexibility index (Phi) is 3.77. The van der Waals surface area contributed by atoms with Crippen molar-refractivity contribution in [1.29, 1.82) is 0 Å². The molecule has 0 aliphatic rings. The highest BCUT2D eigenvalue weighted by molar-refractivity contribution is 5.63. The lowest BCUT2D eigenvalue weighted by atomic mass is 10.0. The molecule has 0 radical (unpaired) electrons. The van der Waals surface area contributed by atoms with Gasteiger partial charge in [-0.3, -0.25) is 0 Å². The molecule has 1 aromatic heterocycles. The number of aromatic nitrogens is 3. The van der Waals surface area contributed by atoms with Gasteiger partial charge in [0.2, 0.25) is 0 Å². The second-order valence-corrected chi connectivity index (χ2v) is 4.93. The van der Waals surface area contributed by atoms with Crippen LogP contribution in [0.25, 0.3) is 11.3 Å². The first-order chi connectivity index (χ1) is 8.58. The Labute approximate surface area is 108 Å². The number of rotatable bonds is 4. The predicted molar refractivity (Wildman–Crippen MR) is 73.2 cm³/mol. The smallest absolute Gasteiger partial charge is 0.0884 e. The van der Waals surface area contributed by atoms with E-state index in [0.29, 0.717) is 6.04 Å². The third-order valence-corrected chi connectivity index (χ3v) is 3.01. The lowest BCUT2D eigenvalue weighted by Gasteiger charge is -2.11. The van der Waals surface area contributed by atoms with Crippen molar-refractivity contribution < 1.29 is 0 Å². The summed E-state index contributed by atoms with van der Waals surface area (Å²) in [5.74, 6) is 0. The minimum absolute atomic E-state index is 0.494. The average molecular weight is 244 g/mol. The molecule has 0 unspecified atom stereocenters. The van der Waals surface area contributed by atoms with Crippen LogP contribution in [-0.2, 0) is 13.6 Å². The van der Waals surface area contributed by atoms with Crippen molar-refractivity contribution in [1.82, 2.24) is 20.3 Å². The standard InChI is InChI=1S/C14H20N4/c1-10(2)15-8-12-6-5-11(3)13(7-12)14-9-16-17-18(14)4/h5-7,9-10,15H,8H2,1-4H3. The monoisotopic (exact) mass is 244 g/mol. The summed E-state index contributed by atoms with van der Waals surface area (Å²) in [7, 11) is 1.92. The Morgan fingerprint density at radius 1 is 1.33 bits per heavy atom. The lowest BCUT2D eigenvalue weighted by molar-refractivity contribution is 0.589. The van der Waals surface area contributed by atoms with Crippen LogP contribution < -0.4 is 5.32 Å². The van der Waals surface area contributed by atoms with Gasteiger partial charge in [-0.25, -0.2) is 4.68 Å². The quantitative estimate of drug-likeness (QED) is 0.897. The summed E-state index contributed by atoms with van der Waals surface area (Å²) in [4.78, 5) is 0. The van der Waals surface area contributed by atoms with E-state index in [-0.39, 0.29) is 0 Å². The van der Waals surface area contributed by atoms with Crippen LogP contribution >= 0.6 is 0 Å². The lowest BCUT2D eigenvalue weighted by Crippen LogP contribution is -2.21. The molecular formula is C14H20N4. The zero-order valence-electron chi connectivity index (χ0n) is 11.4. The number of aryl methyl sites for hydroxylation is 2. The average Bonchev–Trinajstić information content (AvgIpc) is 2.74. The van der Waals surface area contributed by atoms with E-state index in [4.69, 9.17) is 0 Å². The molecule has 0 bridgehead atoms. The summed E-state index contributed by atoms with van der Waals surface area (Å²) in [6.45, 7) is 7.30. The summed E-state index contributed by atoms with van der Waals surface area (Å²) < 4.78 is 1.81. The molecule has 0 aliphatic heterocycles. The van der Waals surface area contributed by atoms with Gasteiger partial charge < -0.3 is 5.32 Å². The van der Waals surface area contributed by atoms with Gasteiger partial charge in [-0.05, 0) is 24.1 Å². The Bertz CT molecular complexity index is 528. The molecule has 0 saturated carbocycles. The largest absolute Gasteiger partial charge is 0.310 e. The number of nitrogens with one attached hydrogen (secondary N) is 1. The van der Waals surface area contributed by atoms with Crippen molar-refractivity contribution in [3.8, 4) is 11.3 Å². The van der Waals surface area contributed by atoms with Crippen LogP contribution in [0, 0.1) is 6.92 Å². The molecule has 18 heavy (non-hydrogen) atoms. The molecule has 2 rings (SSSR count). The van der Waals surface area contributed by atoms with Crippen molar-refractivity contribution in [2.45, 2.75) is 33.4 Å². The highest BCUT2D eigenvalue weighted by Crippen LogP contribution is 2.23. The molecule has 4 nitrogen and oxygen atoms in total. The van der Waals surface area contributed by atoms with Crippen LogP contribution in [-0.4, -0.2) is 21.0 Å². The fourth-order valence-electron chi connectivity index (χ4n) is 1.91. The molecular weight excluding hydrogens is 224 g/mol. The van der Waals surface area contributed by atoms with Gasteiger partial charge in [0.05, 0.1) is 11.9 Å². The van der Waals surface area contributed by atoms with E-state index in [1.807, 2.05) is 17.9 Å². The zero-order valence-corrected chi connectivity index (χ0v) is 11.4. The molecule has 0 aliphatic carbocycles. The van der Waals surface area contributed by atoms with Crippen molar-refractivity contribution >= 4 is 0 Å². The molecule has 2 aromatic rings. The van der Waals surface area contributed by atoms with Crippen LogP contribution in [0.2, 0.25) is 0 Å². The Hall–Kier alpha value is -1.68. The molecule has 4 heteroatoms. The van der Waals surface area contributed by atoms with Crippen molar-refractivity contribution in [3.05, 3.63) is 35.5 Å². The maximum Gasteiger partial charge on any atom is 0.0884 e. The molecule has 0 atom stereocenters. The maximum atomic E-state index is 3.99. The first-order valence-electron chi connectivity index (χ1n) is 6.26. The van der Waals surface area contributed by atoms with E-state index < -0.39 is 0 Å². The van der Waals surface area contributed by atoms with E-state index in [0.717, 1.165) is 12.2 Å². The van der Waals surface area contributed by atoms with Crippen LogP contribution in [0.15, 0.2) is 24.4 Å². The van der Waals surface area contributed by atoms with Gasteiger partial charge in [0.25, 0.3) is 0 Å². The SMILES string of the molecule is Cc1ccc(CNC(C)C)cc1-c1cnnn1C. The highest BCUT2D eigenvalue weighted by Gasteiger charge is 2.08. The van der Waals surface area contributed by atoms with Crippen LogP contribution in [0.4, 0.5) is 0 Å². The van der Waals surface area contributed by atoms with Gasteiger partial charge in [-0.15, -0.1) is 5.10 Å². The molecule has 0 spiro atoms. The molecule has 1 N–H and O–H groups in total. The van der Waals surface area contributed by atoms with Crippen molar-refractivity contribution in [2.24, 2.45) is 7.05 Å². The van der Waals surface area contributed by atoms with Crippen LogP contribution in [0.1, 0.15) is 25.0 Å². The van der Waals surface area contributed by atoms with Gasteiger partial charge in [0, 0.05) is 25.2 Å². The zero-order chi connectivity index (χ0) is 13.1. The number of nitrogens with zero attached hydrogens (tertiary/aromatic N) is 3. The van der Waals surface area contributed by atoms with E-state index >= 15 is 0 Å². The summed E-state index contributed by atoms with van der Waals surface area (Å²) in [5.41, 5.74) is 4.78. The van der Waals surface area contributed by atoms with Gasteiger partial charge >= 0.3 is 0 Å². The van der Waals surface area contributed by atoms with Gasteiger partial charge in [0.1, 0.15) is 0 Å². The molecule has 1 aromatic carbocycles. The predicted octanol–water partition coefficient (Wildman–Crippen LogP) is 2.29. The third kappa shape index (κ3) is 2.76. The summed E-state index contributed by atoms with van der Waals surface area (Å²) >= 11 is 0. The number of hydrogen-bond acceptors (Lipinski definition) is 3. The van der Waals surface area contributed by atoms with Gasteiger partial charge in [0.15, 0.2) is 0 Å². The van der Waals surface area contributed by atoms with Crippen molar-refractivity contribution in [2.75, 3.05) is 0 Å². The summed E-state index contributed by atoms with van der Waals surface area (Å²) in [6.07, 6.45) is 1.81. The Morgan fingerprint density at radius 3 is 2.72 bits per heavy atom. The topological polar surface area (TPSA) is 42.7 Å². The Balaban J connectivity index is 2.30.